The maximum absolute atomic E-state index is 13.3. The molecular weight excluding hydrogens is 415 g/mol. The number of amides is 1. The molecule has 1 N–H and O–H groups in total. The van der Waals surface area contributed by atoms with Gasteiger partial charge in [-0.3, -0.25) is 9.36 Å². The van der Waals surface area contributed by atoms with Crippen molar-refractivity contribution in [2.24, 2.45) is 0 Å². The molecule has 0 saturated carbocycles. The smallest absolute Gasteiger partial charge is 0.255 e. The van der Waals surface area contributed by atoms with E-state index in [1.807, 2.05) is 22.8 Å². The summed E-state index contributed by atoms with van der Waals surface area (Å²) >= 11 is 1.53. The third kappa shape index (κ3) is 4.92. The van der Waals surface area contributed by atoms with E-state index < -0.39 is 5.82 Å². The molecule has 2 aromatic heterocycles. The van der Waals surface area contributed by atoms with Crippen LogP contribution >= 0.6 is 11.8 Å². The average molecular weight is 434 g/mol. The average Bonchev–Trinajstić information content (AvgIpc) is 3.43. The lowest BCUT2D eigenvalue weighted by molar-refractivity contribution is 0.102. The van der Waals surface area contributed by atoms with Crippen molar-refractivity contribution in [1.82, 2.24) is 14.8 Å². The van der Waals surface area contributed by atoms with Crippen LogP contribution in [-0.2, 0) is 12.3 Å². The maximum Gasteiger partial charge on any atom is 0.255 e. The molecule has 6 nitrogen and oxygen atoms in total. The lowest BCUT2D eigenvalue weighted by Gasteiger charge is -2.08. The zero-order valence-electron chi connectivity index (χ0n) is 16.5. The van der Waals surface area contributed by atoms with E-state index in [1.165, 1.54) is 23.9 Å². The maximum atomic E-state index is 13.3. The van der Waals surface area contributed by atoms with Gasteiger partial charge in [-0.05, 0) is 48.0 Å². The first-order chi connectivity index (χ1) is 15.1. The molecule has 8 heteroatoms. The minimum Gasteiger partial charge on any atom is -0.461 e. The highest BCUT2D eigenvalue weighted by atomic mass is 32.2. The van der Waals surface area contributed by atoms with Gasteiger partial charge < -0.3 is 9.73 Å². The Labute approximate surface area is 182 Å². The Bertz CT molecular complexity index is 1190. The van der Waals surface area contributed by atoms with Crippen molar-refractivity contribution in [3.05, 3.63) is 96.5 Å². The number of hydrogen-bond donors (Lipinski definition) is 1. The van der Waals surface area contributed by atoms with E-state index in [0.717, 1.165) is 10.7 Å². The number of nitrogens with one attached hydrogen (secondary N) is 1. The van der Waals surface area contributed by atoms with Crippen LogP contribution in [0.4, 0.5) is 10.1 Å². The third-order valence-electron chi connectivity index (χ3n) is 4.44. The van der Waals surface area contributed by atoms with Gasteiger partial charge >= 0.3 is 0 Å². The minimum absolute atomic E-state index is 0.293. The van der Waals surface area contributed by atoms with E-state index in [9.17, 15) is 9.18 Å². The van der Waals surface area contributed by atoms with Gasteiger partial charge in [0.05, 0.1) is 6.26 Å². The van der Waals surface area contributed by atoms with Gasteiger partial charge in [-0.2, -0.15) is 0 Å². The first-order valence-electron chi connectivity index (χ1n) is 9.50. The fraction of sp³-hybridized carbons (Fsp3) is 0.0870. The zero-order valence-corrected chi connectivity index (χ0v) is 17.3. The zero-order chi connectivity index (χ0) is 21.6. The number of aromatic nitrogens is 3. The number of nitrogens with zero attached hydrogens (tertiary/aromatic N) is 3. The summed E-state index contributed by atoms with van der Waals surface area (Å²) < 4.78 is 20.7. The number of hydrogen-bond acceptors (Lipinski definition) is 5. The van der Waals surface area contributed by atoms with Gasteiger partial charge in [-0.15, -0.1) is 16.8 Å². The summed E-state index contributed by atoms with van der Waals surface area (Å²) in [6.07, 6.45) is 3.38. The van der Waals surface area contributed by atoms with Crippen molar-refractivity contribution in [2.75, 3.05) is 5.32 Å². The molecule has 31 heavy (non-hydrogen) atoms. The monoisotopic (exact) mass is 434 g/mol. The largest absolute Gasteiger partial charge is 0.461 e. The Hall–Kier alpha value is -3.65. The third-order valence-corrected chi connectivity index (χ3v) is 5.47. The summed E-state index contributed by atoms with van der Waals surface area (Å²) in [5.74, 6) is 1.26. The topological polar surface area (TPSA) is 73.0 Å². The summed E-state index contributed by atoms with van der Waals surface area (Å²) in [5.41, 5.74) is 1.94. The number of rotatable bonds is 8. The molecule has 0 spiro atoms. The first kappa shape index (κ1) is 20.6. The number of carbonyl (C=O) groups is 1. The van der Waals surface area contributed by atoms with E-state index in [2.05, 4.69) is 22.1 Å². The fourth-order valence-corrected chi connectivity index (χ4v) is 3.85. The molecule has 0 fully saturated rings. The van der Waals surface area contributed by atoms with Crippen molar-refractivity contribution in [2.45, 2.75) is 17.5 Å². The van der Waals surface area contributed by atoms with Crippen molar-refractivity contribution in [3.63, 3.8) is 0 Å². The van der Waals surface area contributed by atoms with Gasteiger partial charge in [0.15, 0.2) is 10.9 Å². The highest BCUT2D eigenvalue weighted by Gasteiger charge is 2.15. The van der Waals surface area contributed by atoms with Gasteiger partial charge in [0.2, 0.25) is 5.82 Å². The predicted molar refractivity (Wildman–Crippen MR) is 118 cm³/mol. The normalized spacial score (nSPS) is 10.7. The number of benzene rings is 2. The van der Waals surface area contributed by atoms with Crippen molar-refractivity contribution in [1.29, 1.82) is 0 Å². The quantitative estimate of drug-likeness (QED) is 0.297. The number of anilines is 1. The highest BCUT2D eigenvalue weighted by Crippen LogP contribution is 2.27. The van der Waals surface area contributed by atoms with Gasteiger partial charge in [0, 0.05) is 23.5 Å². The molecule has 0 aliphatic rings. The summed E-state index contributed by atoms with van der Waals surface area (Å²) in [5, 5.41) is 12.0. The number of furan rings is 1. The second kappa shape index (κ2) is 9.44. The van der Waals surface area contributed by atoms with Crippen molar-refractivity contribution >= 4 is 23.4 Å². The van der Waals surface area contributed by atoms with Crippen LogP contribution in [0.3, 0.4) is 0 Å². The lowest BCUT2D eigenvalue weighted by atomic mass is 10.1. The molecule has 0 aliphatic carbocycles. The van der Waals surface area contributed by atoms with E-state index in [-0.39, 0.29) is 5.91 Å². The van der Waals surface area contributed by atoms with E-state index >= 15 is 0 Å². The molecule has 2 heterocycles. The number of thioether (sulfide) groups is 1. The van der Waals surface area contributed by atoms with Gasteiger partial charge in [0.25, 0.3) is 5.91 Å². The van der Waals surface area contributed by atoms with Crippen LogP contribution in [0.5, 0.6) is 0 Å². The Morgan fingerprint density at radius 3 is 2.71 bits per heavy atom. The standard InChI is InChI=1S/C23H19FN4O2S/c1-2-12-28-21(20-7-4-13-30-20)26-27-23(28)31-15-16-8-10-17(11-9-16)22(29)25-19-6-3-5-18(24)14-19/h2-11,13-14H,1,12,15H2,(H,25,29). The van der Waals surface area contributed by atoms with E-state index in [4.69, 9.17) is 4.42 Å². The molecule has 0 aliphatic heterocycles. The molecule has 4 rings (SSSR count). The number of allylic oxidation sites excluding steroid dienone is 1. The lowest BCUT2D eigenvalue weighted by Crippen LogP contribution is -2.11. The van der Waals surface area contributed by atoms with Crippen LogP contribution in [0.15, 0.2) is 89.2 Å². The van der Waals surface area contributed by atoms with Gasteiger partial charge in [-0.1, -0.05) is 36.0 Å². The minimum atomic E-state index is -0.398. The number of halogens is 1. The van der Waals surface area contributed by atoms with Crippen LogP contribution in [-0.4, -0.2) is 20.7 Å². The second-order valence-electron chi connectivity index (χ2n) is 6.63. The van der Waals surface area contributed by atoms with Crippen LogP contribution in [0.25, 0.3) is 11.6 Å². The molecule has 2 aromatic carbocycles. The van der Waals surface area contributed by atoms with Crippen LogP contribution in [0.2, 0.25) is 0 Å². The van der Waals surface area contributed by atoms with Gasteiger partial charge in [-0.25, -0.2) is 4.39 Å². The Morgan fingerprint density at radius 2 is 2.00 bits per heavy atom. The molecule has 0 saturated heterocycles. The van der Waals surface area contributed by atoms with Crippen LogP contribution in [0, 0.1) is 5.82 Å². The second-order valence-corrected chi connectivity index (χ2v) is 7.58. The molecule has 4 aromatic rings. The van der Waals surface area contributed by atoms with Crippen LogP contribution < -0.4 is 5.32 Å². The molecule has 0 radical (unpaired) electrons. The van der Waals surface area contributed by atoms with Crippen molar-refractivity contribution in [3.8, 4) is 11.6 Å². The van der Waals surface area contributed by atoms with Crippen LogP contribution in [0.1, 0.15) is 15.9 Å². The molecule has 0 unspecified atom stereocenters. The number of carbonyl (C=O) groups excluding carboxylic acids is 1. The first-order valence-corrected chi connectivity index (χ1v) is 10.5. The molecule has 0 bridgehead atoms. The highest BCUT2D eigenvalue weighted by molar-refractivity contribution is 7.98. The predicted octanol–water partition coefficient (Wildman–Crippen LogP) is 5.41. The van der Waals surface area contributed by atoms with Crippen molar-refractivity contribution < 1.29 is 13.6 Å². The Balaban J connectivity index is 1.42. The Morgan fingerprint density at radius 1 is 1.16 bits per heavy atom. The summed E-state index contributed by atoms with van der Waals surface area (Å²) in [6.45, 7) is 4.36. The molecular formula is C23H19FN4O2S. The molecule has 0 atom stereocenters. The van der Waals surface area contributed by atoms with E-state index in [0.29, 0.717) is 35.1 Å². The van der Waals surface area contributed by atoms with E-state index in [1.54, 1.807) is 42.7 Å². The SMILES string of the molecule is C=CCn1c(SCc2ccc(C(=O)Nc3cccc(F)c3)cc2)nnc1-c1ccco1. The summed E-state index contributed by atoms with van der Waals surface area (Å²) in [6, 6.07) is 16.7. The summed E-state index contributed by atoms with van der Waals surface area (Å²) in [4.78, 5) is 12.4. The Kier molecular flexibility index (Phi) is 6.28. The molecule has 156 valence electrons. The van der Waals surface area contributed by atoms with Gasteiger partial charge in [0.1, 0.15) is 5.82 Å². The fourth-order valence-electron chi connectivity index (χ4n) is 2.95. The molecule has 1 amide bonds. The summed E-state index contributed by atoms with van der Waals surface area (Å²) in [7, 11) is 0.